The summed E-state index contributed by atoms with van der Waals surface area (Å²) >= 11 is 0. The van der Waals surface area contributed by atoms with Crippen LogP contribution in [0.4, 0.5) is 10.1 Å². The first-order valence-corrected chi connectivity index (χ1v) is 8.21. The van der Waals surface area contributed by atoms with Gasteiger partial charge in [0.15, 0.2) is 0 Å². The van der Waals surface area contributed by atoms with Gasteiger partial charge < -0.3 is 10.2 Å². The summed E-state index contributed by atoms with van der Waals surface area (Å²) in [4.78, 5) is 6.56. The summed E-state index contributed by atoms with van der Waals surface area (Å²) < 4.78 is 14.6. The van der Waals surface area contributed by atoms with Crippen LogP contribution in [-0.4, -0.2) is 25.5 Å². The smallest absolute Gasteiger partial charge is 0.147 e. The number of anilines is 1. The monoisotopic (exact) mass is 309 g/mol. The number of nitrogens with one attached hydrogen (secondary N) is 1. The second kappa shape index (κ2) is 6.03. The molecule has 2 aromatic rings. The fourth-order valence-corrected chi connectivity index (χ4v) is 3.34. The summed E-state index contributed by atoms with van der Waals surface area (Å²) in [6.45, 7) is 3.35. The number of rotatable bonds is 2. The molecule has 4 rings (SSSR count). The van der Waals surface area contributed by atoms with Gasteiger partial charge in [-0.1, -0.05) is 24.3 Å². The van der Waals surface area contributed by atoms with E-state index in [9.17, 15) is 4.39 Å². The third kappa shape index (κ3) is 2.81. The summed E-state index contributed by atoms with van der Waals surface area (Å²) in [6, 6.07) is 13.9. The van der Waals surface area contributed by atoms with E-state index in [1.807, 2.05) is 12.1 Å². The second-order valence-corrected chi connectivity index (χ2v) is 6.12. The molecular formula is C19H20FN3. The molecule has 0 radical (unpaired) electrons. The lowest BCUT2D eigenvalue weighted by Crippen LogP contribution is -2.32. The number of amidine groups is 1. The lowest BCUT2D eigenvalue weighted by Gasteiger charge is -2.31. The van der Waals surface area contributed by atoms with Crippen LogP contribution in [0.15, 0.2) is 47.5 Å². The lowest BCUT2D eigenvalue weighted by atomic mass is 9.99. The van der Waals surface area contributed by atoms with Crippen molar-refractivity contribution in [2.24, 2.45) is 4.99 Å². The van der Waals surface area contributed by atoms with E-state index in [2.05, 4.69) is 39.5 Å². The fourth-order valence-electron chi connectivity index (χ4n) is 3.34. The molecule has 4 heteroatoms. The lowest BCUT2D eigenvalue weighted by molar-refractivity contribution is 0.609. The SMILES string of the molecule is Fc1cc(C2=NCCCN2)ccc1N1CCc2ccccc2C1. The maximum absolute atomic E-state index is 14.6. The Morgan fingerprint density at radius 1 is 1.09 bits per heavy atom. The maximum Gasteiger partial charge on any atom is 0.147 e. The molecule has 0 saturated carbocycles. The molecule has 23 heavy (non-hydrogen) atoms. The van der Waals surface area contributed by atoms with Crippen molar-refractivity contribution in [1.82, 2.24) is 5.32 Å². The Morgan fingerprint density at radius 2 is 1.96 bits per heavy atom. The van der Waals surface area contributed by atoms with Crippen molar-refractivity contribution in [2.45, 2.75) is 19.4 Å². The third-order valence-corrected chi connectivity index (χ3v) is 4.59. The van der Waals surface area contributed by atoms with Gasteiger partial charge in [0.25, 0.3) is 0 Å². The van der Waals surface area contributed by atoms with Gasteiger partial charge >= 0.3 is 0 Å². The molecule has 0 bridgehead atoms. The van der Waals surface area contributed by atoms with Crippen LogP contribution < -0.4 is 10.2 Å². The summed E-state index contributed by atoms with van der Waals surface area (Å²) in [5, 5.41) is 3.24. The average molecular weight is 309 g/mol. The van der Waals surface area contributed by atoms with Crippen LogP contribution in [-0.2, 0) is 13.0 Å². The van der Waals surface area contributed by atoms with Gasteiger partial charge in [-0.2, -0.15) is 0 Å². The topological polar surface area (TPSA) is 27.6 Å². The van der Waals surface area contributed by atoms with E-state index in [4.69, 9.17) is 0 Å². The zero-order valence-electron chi connectivity index (χ0n) is 13.1. The van der Waals surface area contributed by atoms with E-state index < -0.39 is 0 Å². The molecule has 2 heterocycles. The Balaban J connectivity index is 1.59. The number of nitrogens with zero attached hydrogens (tertiary/aromatic N) is 2. The number of hydrogen-bond acceptors (Lipinski definition) is 3. The first-order chi connectivity index (χ1) is 11.3. The highest BCUT2D eigenvalue weighted by molar-refractivity contribution is 5.99. The molecule has 2 aliphatic heterocycles. The predicted molar refractivity (Wildman–Crippen MR) is 91.6 cm³/mol. The van der Waals surface area contributed by atoms with Crippen LogP contribution in [0.25, 0.3) is 0 Å². The summed E-state index contributed by atoms with van der Waals surface area (Å²) in [7, 11) is 0. The standard InChI is InChI=1S/C19H20FN3/c20-17-12-15(19-21-9-3-10-22-19)6-7-18(17)23-11-8-14-4-1-2-5-16(14)13-23/h1-2,4-7,12H,3,8-11,13H2,(H,21,22). The zero-order valence-corrected chi connectivity index (χ0v) is 13.1. The van der Waals surface area contributed by atoms with E-state index in [0.29, 0.717) is 5.69 Å². The molecule has 2 aromatic carbocycles. The Morgan fingerprint density at radius 3 is 2.74 bits per heavy atom. The van der Waals surface area contributed by atoms with Crippen molar-refractivity contribution in [3.05, 3.63) is 65.0 Å². The Labute approximate surface area is 135 Å². The van der Waals surface area contributed by atoms with E-state index >= 15 is 0 Å². The van der Waals surface area contributed by atoms with Crippen LogP contribution in [0.3, 0.4) is 0 Å². The zero-order chi connectivity index (χ0) is 15.6. The van der Waals surface area contributed by atoms with Crippen LogP contribution in [0.5, 0.6) is 0 Å². The Kier molecular flexibility index (Phi) is 3.74. The normalized spacial score (nSPS) is 17.3. The third-order valence-electron chi connectivity index (χ3n) is 4.59. The van der Waals surface area contributed by atoms with Crippen molar-refractivity contribution in [1.29, 1.82) is 0 Å². The number of halogens is 1. The first-order valence-electron chi connectivity index (χ1n) is 8.21. The van der Waals surface area contributed by atoms with Crippen LogP contribution in [0.2, 0.25) is 0 Å². The highest BCUT2D eigenvalue weighted by atomic mass is 19.1. The Hall–Kier alpha value is -2.36. The summed E-state index contributed by atoms with van der Waals surface area (Å²) in [6.07, 6.45) is 2.00. The molecular weight excluding hydrogens is 289 g/mol. The molecule has 0 aliphatic carbocycles. The Bertz CT molecular complexity index is 754. The molecule has 0 aromatic heterocycles. The van der Waals surface area contributed by atoms with Gasteiger partial charge in [-0.25, -0.2) is 4.39 Å². The molecule has 0 fully saturated rings. The fraction of sp³-hybridized carbons (Fsp3) is 0.316. The molecule has 118 valence electrons. The number of hydrogen-bond donors (Lipinski definition) is 1. The van der Waals surface area contributed by atoms with E-state index in [0.717, 1.165) is 50.4 Å². The van der Waals surface area contributed by atoms with Gasteiger partial charge in [0.2, 0.25) is 0 Å². The van der Waals surface area contributed by atoms with Crippen molar-refractivity contribution in [3.63, 3.8) is 0 Å². The molecule has 0 spiro atoms. The van der Waals surface area contributed by atoms with Gasteiger partial charge in [-0.15, -0.1) is 0 Å². The van der Waals surface area contributed by atoms with Gasteiger partial charge in [-0.05, 0) is 42.2 Å². The maximum atomic E-state index is 14.6. The highest BCUT2D eigenvalue weighted by Crippen LogP contribution is 2.27. The van der Waals surface area contributed by atoms with Crippen LogP contribution in [0, 0.1) is 5.82 Å². The van der Waals surface area contributed by atoms with Gasteiger partial charge in [0.05, 0.1) is 5.69 Å². The van der Waals surface area contributed by atoms with Crippen LogP contribution in [0.1, 0.15) is 23.1 Å². The summed E-state index contributed by atoms with van der Waals surface area (Å²) in [5.74, 6) is 0.641. The molecule has 0 saturated heterocycles. The predicted octanol–water partition coefficient (Wildman–Crippen LogP) is 3.13. The van der Waals surface area contributed by atoms with E-state index in [1.165, 1.54) is 11.1 Å². The van der Waals surface area contributed by atoms with Crippen molar-refractivity contribution < 1.29 is 4.39 Å². The molecule has 0 unspecified atom stereocenters. The molecule has 3 nitrogen and oxygen atoms in total. The molecule has 0 atom stereocenters. The molecule has 1 N–H and O–H groups in total. The minimum absolute atomic E-state index is 0.169. The van der Waals surface area contributed by atoms with Crippen molar-refractivity contribution in [3.8, 4) is 0 Å². The minimum atomic E-state index is -0.169. The van der Waals surface area contributed by atoms with E-state index in [-0.39, 0.29) is 5.82 Å². The van der Waals surface area contributed by atoms with Crippen LogP contribution >= 0.6 is 0 Å². The van der Waals surface area contributed by atoms with E-state index in [1.54, 1.807) is 6.07 Å². The van der Waals surface area contributed by atoms with Gasteiger partial charge in [0, 0.05) is 31.7 Å². The quantitative estimate of drug-likeness (QED) is 0.923. The number of fused-ring (bicyclic) bond motifs is 1. The van der Waals surface area contributed by atoms with Gasteiger partial charge in [-0.3, -0.25) is 4.99 Å². The van der Waals surface area contributed by atoms with Crippen molar-refractivity contribution in [2.75, 3.05) is 24.5 Å². The van der Waals surface area contributed by atoms with Crippen molar-refractivity contribution >= 4 is 11.5 Å². The molecule has 2 aliphatic rings. The highest BCUT2D eigenvalue weighted by Gasteiger charge is 2.19. The van der Waals surface area contributed by atoms with Gasteiger partial charge in [0.1, 0.15) is 11.7 Å². The number of aliphatic imine (C=N–C) groups is 1. The summed E-state index contributed by atoms with van der Waals surface area (Å²) in [5.41, 5.74) is 4.19. The molecule has 0 amide bonds. The number of benzene rings is 2. The first kappa shape index (κ1) is 14.2. The second-order valence-electron chi connectivity index (χ2n) is 6.12. The minimum Gasteiger partial charge on any atom is -0.370 e. The largest absolute Gasteiger partial charge is 0.370 e. The average Bonchev–Trinajstić information content (AvgIpc) is 2.62.